The van der Waals surface area contributed by atoms with E-state index in [-0.39, 0.29) is 5.71 Å². The van der Waals surface area contributed by atoms with Crippen LogP contribution in [0.5, 0.6) is 0 Å². The van der Waals surface area contributed by atoms with Crippen LogP contribution in [0.3, 0.4) is 0 Å². The quantitative estimate of drug-likeness (QED) is 0.440. The van der Waals surface area contributed by atoms with Crippen molar-refractivity contribution in [1.82, 2.24) is 5.43 Å². The number of ether oxygens (including phenoxy) is 2. The number of nitrogens with one attached hydrogen (secondary N) is 2. The Balaban J connectivity index is 2.92. The number of anilines is 1. The average molecular weight is 321 g/mol. The molecule has 0 bridgehead atoms. The highest BCUT2D eigenvalue weighted by atomic mass is 16.5. The third-order valence-electron chi connectivity index (χ3n) is 2.79. The first kappa shape index (κ1) is 18.1. The Bertz CT molecular complexity index is 613. The van der Waals surface area contributed by atoms with Gasteiger partial charge in [-0.15, -0.1) is 0 Å². The number of benzene rings is 1. The highest BCUT2D eigenvalue weighted by Crippen LogP contribution is 2.14. The summed E-state index contributed by atoms with van der Waals surface area (Å²) in [5.41, 5.74) is 2.98. The van der Waals surface area contributed by atoms with Crippen LogP contribution in [0.4, 0.5) is 5.69 Å². The van der Waals surface area contributed by atoms with Crippen molar-refractivity contribution in [2.24, 2.45) is 5.10 Å². The van der Waals surface area contributed by atoms with Crippen LogP contribution in [0.2, 0.25) is 0 Å². The fraction of sp³-hybridized carbons (Fsp3) is 0.333. The van der Waals surface area contributed by atoms with Crippen molar-refractivity contribution in [3.05, 3.63) is 29.8 Å². The summed E-state index contributed by atoms with van der Waals surface area (Å²) in [6.45, 7) is 2.54. The van der Waals surface area contributed by atoms with Crippen molar-refractivity contribution in [2.45, 2.75) is 13.3 Å². The highest BCUT2D eigenvalue weighted by Gasteiger charge is 2.18. The zero-order valence-corrected chi connectivity index (χ0v) is 13.2. The van der Waals surface area contributed by atoms with Crippen molar-refractivity contribution in [3.63, 3.8) is 0 Å². The maximum absolute atomic E-state index is 12.2. The molecule has 0 unspecified atom stereocenters. The molecule has 1 rings (SSSR count). The van der Waals surface area contributed by atoms with Crippen LogP contribution in [0.1, 0.15) is 23.7 Å². The number of carbonyl (C=O) groups excluding carboxylic acids is 3. The van der Waals surface area contributed by atoms with Crippen molar-refractivity contribution < 1.29 is 23.9 Å². The number of esters is 2. The van der Waals surface area contributed by atoms with Gasteiger partial charge in [-0.2, -0.15) is 5.10 Å². The van der Waals surface area contributed by atoms with E-state index in [0.717, 1.165) is 7.11 Å². The predicted octanol–water partition coefficient (Wildman–Crippen LogP) is 0.940. The number of rotatable bonds is 7. The molecule has 0 aliphatic rings. The number of para-hydroxylation sites is 1. The van der Waals surface area contributed by atoms with Crippen LogP contribution >= 0.6 is 0 Å². The Morgan fingerprint density at radius 2 is 1.83 bits per heavy atom. The Hall–Kier alpha value is -2.90. The molecule has 0 atom stereocenters. The fourth-order valence-electron chi connectivity index (χ4n) is 1.69. The Labute approximate surface area is 133 Å². The maximum Gasteiger partial charge on any atom is 0.354 e. The molecule has 1 aromatic carbocycles. The summed E-state index contributed by atoms with van der Waals surface area (Å²) in [4.78, 5) is 35.0. The van der Waals surface area contributed by atoms with Gasteiger partial charge in [0, 0.05) is 12.2 Å². The highest BCUT2D eigenvalue weighted by molar-refractivity contribution is 6.39. The van der Waals surface area contributed by atoms with E-state index in [1.807, 2.05) is 6.92 Å². The third kappa shape index (κ3) is 5.42. The number of hydrogen-bond acceptors (Lipinski definition) is 7. The van der Waals surface area contributed by atoms with Gasteiger partial charge < -0.3 is 14.8 Å². The molecule has 124 valence electrons. The summed E-state index contributed by atoms with van der Waals surface area (Å²) < 4.78 is 8.98. The zero-order valence-electron chi connectivity index (χ0n) is 13.2. The molecule has 8 heteroatoms. The Morgan fingerprint density at radius 3 is 2.43 bits per heavy atom. The molecule has 23 heavy (non-hydrogen) atoms. The van der Waals surface area contributed by atoms with Gasteiger partial charge in [-0.3, -0.25) is 9.59 Å². The molecule has 0 spiro atoms. The molecule has 0 heterocycles. The van der Waals surface area contributed by atoms with E-state index < -0.39 is 24.3 Å². The summed E-state index contributed by atoms with van der Waals surface area (Å²) >= 11 is 0. The second kappa shape index (κ2) is 9.19. The van der Waals surface area contributed by atoms with Gasteiger partial charge in [0.1, 0.15) is 0 Å². The van der Waals surface area contributed by atoms with Gasteiger partial charge in [-0.25, -0.2) is 10.2 Å². The molecular weight excluding hydrogens is 302 g/mol. The number of carbonyl (C=O) groups is 3. The van der Waals surface area contributed by atoms with Crippen LogP contribution < -0.4 is 10.7 Å². The number of methoxy groups -OCH3 is 2. The largest absolute Gasteiger partial charge is 0.469 e. The van der Waals surface area contributed by atoms with Crippen molar-refractivity contribution in [2.75, 3.05) is 26.1 Å². The number of hydrogen-bond donors (Lipinski definition) is 2. The van der Waals surface area contributed by atoms with E-state index in [2.05, 4.69) is 25.3 Å². The van der Waals surface area contributed by atoms with Gasteiger partial charge in [-0.1, -0.05) is 12.1 Å². The maximum atomic E-state index is 12.2. The Kier molecular flexibility index (Phi) is 7.25. The average Bonchev–Trinajstić information content (AvgIpc) is 2.58. The first-order chi connectivity index (χ1) is 11.0. The molecule has 0 aromatic heterocycles. The van der Waals surface area contributed by atoms with E-state index in [1.165, 1.54) is 7.11 Å². The van der Waals surface area contributed by atoms with Crippen LogP contribution in [0.25, 0.3) is 0 Å². The number of hydrazone groups is 1. The molecule has 1 amide bonds. The second-order valence-corrected chi connectivity index (χ2v) is 4.32. The molecule has 1 aromatic rings. The monoisotopic (exact) mass is 321 g/mol. The predicted molar refractivity (Wildman–Crippen MR) is 84.2 cm³/mol. The van der Waals surface area contributed by atoms with Crippen molar-refractivity contribution >= 4 is 29.2 Å². The van der Waals surface area contributed by atoms with E-state index in [1.54, 1.807) is 24.3 Å². The summed E-state index contributed by atoms with van der Waals surface area (Å²) in [6, 6.07) is 6.85. The lowest BCUT2D eigenvalue weighted by Crippen LogP contribution is -2.27. The van der Waals surface area contributed by atoms with E-state index >= 15 is 0 Å². The first-order valence-electron chi connectivity index (χ1n) is 6.88. The molecule has 0 fully saturated rings. The minimum absolute atomic E-state index is 0.256. The summed E-state index contributed by atoms with van der Waals surface area (Å²) in [6.07, 6.45) is -0.404. The van der Waals surface area contributed by atoms with Crippen LogP contribution in [0, 0.1) is 0 Å². The first-order valence-corrected chi connectivity index (χ1v) is 6.88. The van der Waals surface area contributed by atoms with Gasteiger partial charge in [0.05, 0.1) is 26.2 Å². The number of amides is 1. The van der Waals surface area contributed by atoms with Gasteiger partial charge in [0.15, 0.2) is 5.71 Å². The van der Waals surface area contributed by atoms with Gasteiger partial charge in [0.2, 0.25) is 0 Å². The zero-order chi connectivity index (χ0) is 17.2. The molecule has 0 saturated carbocycles. The van der Waals surface area contributed by atoms with E-state index in [9.17, 15) is 14.4 Å². The topological polar surface area (TPSA) is 106 Å². The minimum atomic E-state index is -0.823. The SMILES string of the molecule is CCNc1ccccc1C(=O)N/N=C(/CC(=O)OC)C(=O)OC. The molecular formula is C15H19N3O5. The fourth-order valence-corrected chi connectivity index (χ4v) is 1.69. The van der Waals surface area contributed by atoms with Crippen LogP contribution in [0.15, 0.2) is 29.4 Å². The van der Waals surface area contributed by atoms with Gasteiger partial charge >= 0.3 is 11.9 Å². The standard InChI is InChI=1S/C15H19N3O5/c1-4-16-11-8-6-5-7-10(11)14(20)18-17-12(15(21)23-3)9-13(19)22-2/h5-8,16H,4,9H2,1-3H3,(H,18,20)/b17-12-. The summed E-state index contributed by atoms with van der Waals surface area (Å²) in [5.74, 6) is -2.01. The lowest BCUT2D eigenvalue weighted by Gasteiger charge is -2.09. The van der Waals surface area contributed by atoms with Gasteiger partial charge in [-0.05, 0) is 19.1 Å². The van der Waals surface area contributed by atoms with Gasteiger partial charge in [0.25, 0.3) is 5.91 Å². The lowest BCUT2D eigenvalue weighted by molar-refractivity contribution is -0.140. The van der Waals surface area contributed by atoms with Crippen LogP contribution in [-0.2, 0) is 19.1 Å². The normalized spacial score (nSPS) is 10.7. The molecule has 0 saturated heterocycles. The molecule has 8 nitrogen and oxygen atoms in total. The Morgan fingerprint density at radius 1 is 1.13 bits per heavy atom. The summed E-state index contributed by atoms with van der Waals surface area (Å²) in [5, 5.41) is 6.72. The van der Waals surface area contributed by atoms with E-state index in [4.69, 9.17) is 0 Å². The van der Waals surface area contributed by atoms with Crippen molar-refractivity contribution in [1.29, 1.82) is 0 Å². The molecule has 0 aliphatic carbocycles. The van der Waals surface area contributed by atoms with Crippen LogP contribution in [-0.4, -0.2) is 44.3 Å². The minimum Gasteiger partial charge on any atom is -0.469 e. The summed E-state index contributed by atoms with van der Waals surface area (Å²) in [7, 11) is 2.33. The molecule has 0 radical (unpaired) electrons. The number of nitrogens with zero attached hydrogens (tertiary/aromatic N) is 1. The lowest BCUT2D eigenvalue weighted by atomic mass is 10.1. The van der Waals surface area contributed by atoms with E-state index in [0.29, 0.717) is 17.8 Å². The molecule has 2 N–H and O–H groups in total. The molecule has 0 aliphatic heterocycles. The smallest absolute Gasteiger partial charge is 0.354 e. The van der Waals surface area contributed by atoms with Crippen molar-refractivity contribution in [3.8, 4) is 0 Å². The third-order valence-corrected chi connectivity index (χ3v) is 2.79. The second-order valence-electron chi connectivity index (χ2n) is 4.32.